The normalized spacial score (nSPS) is 12.2. The smallest absolute Gasteiger partial charge is 0.261 e. The van der Waals surface area contributed by atoms with Crippen molar-refractivity contribution in [2.75, 3.05) is 13.2 Å². The second-order valence-corrected chi connectivity index (χ2v) is 13.0. The SMILES string of the molecule is CC(C)CNC(=O)[C@@H](Cc1ccccc1)N(Cc1ccc(Cl)cc1Cl)C(=O)COc1ccc(C(C)(C)C)cc1Br. The Balaban J connectivity index is 1.93. The zero-order valence-electron chi connectivity index (χ0n) is 23.6. The van der Waals surface area contributed by atoms with Gasteiger partial charge in [-0.25, -0.2) is 0 Å². The van der Waals surface area contributed by atoms with Crippen LogP contribution in [-0.4, -0.2) is 35.9 Å². The summed E-state index contributed by atoms with van der Waals surface area (Å²) >= 11 is 16.2. The van der Waals surface area contributed by atoms with Gasteiger partial charge in [0.15, 0.2) is 6.61 Å². The van der Waals surface area contributed by atoms with Gasteiger partial charge >= 0.3 is 0 Å². The number of ether oxygens (including phenoxy) is 1. The van der Waals surface area contributed by atoms with Crippen molar-refractivity contribution in [3.63, 3.8) is 0 Å². The summed E-state index contributed by atoms with van der Waals surface area (Å²) in [6, 6.07) is 19.9. The van der Waals surface area contributed by atoms with Crippen molar-refractivity contribution in [2.45, 2.75) is 59.0 Å². The van der Waals surface area contributed by atoms with Crippen LogP contribution in [0.4, 0.5) is 0 Å². The molecule has 0 saturated carbocycles. The van der Waals surface area contributed by atoms with E-state index in [1.54, 1.807) is 23.1 Å². The fraction of sp³-hybridized carbons (Fsp3) is 0.375. The van der Waals surface area contributed by atoms with Gasteiger partial charge in [0.1, 0.15) is 11.8 Å². The van der Waals surface area contributed by atoms with Crippen molar-refractivity contribution in [3.05, 3.63) is 97.9 Å². The van der Waals surface area contributed by atoms with Crippen LogP contribution in [0.25, 0.3) is 0 Å². The van der Waals surface area contributed by atoms with E-state index in [2.05, 4.69) is 42.0 Å². The van der Waals surface area contributed by atoms with E-state index in [4.69, 9.17) is 27.9 Å². The summed E-state index contributed by atoms with van der Waals surface area (Å²) in [6.07, 6.45) is 0.339. The lowest BCUT2D eigenvalue weighted by Gasteiger charge is -2.32. The van der Waals surface area contributed by atoms with Gasteiger partial charge in [0.05, 0.1) is 4.47 Å². The first-order valence-electron chi connectivity index (χ1n) is 13.3. The van der Waals surface area contributed by atoms with Gasteiger partial charge in [-0.2, -0.15) is 0 Å². The van der Waals surface area contributed by atoms with E-state index >= 15 is 0 Å². The standard InChI is InChI=1S/C32H37BrCl2N2O3/c1-21(2)18-36-31(39)28(15-22-9-7-6-8-10-22)37(19-23-11-13-25(34)17-27(23)35)30(38)20-40-29-14-12-24(16-26(29)33)32(3,4)5/h6-14,16-17,21,28H,15,18-20H2,1-5H3,(H,36,39)/t28-/m1/s1. The highest BCUT2D eigenvalue weighted by atomic mass is 79.9. The molecule has 1 atom stereocenters. The molecule has 0 spiro atoms. The van der Waals surface area contributed by atoms with Crippen LogP contribution in [-0.2, 0) is 28.0 Å². The van der Waals surface area contributed by atoms with Crippen LogP contribution in [0.2, 0.25) is 10.0 Å². The van der Waals surface area contributed by atoms with Gasteiger partial charge in [0.2, 0.25) is 5.91 Å². The second kappa shape index (κ2) is 14.4. The molecule has 5 nitrogen and oxygen atoms in total. The van der Waals surface area contributed by atoms with Gasteiger partial charge in [-0.3, -0.25) is 9.59 Å². The third-order valence-electron chi connectivity index (χ3n) is 6.46. The van der Waals surface area contributed by atoms with Gasteiger partial charge in [-0.1, -0.05) is 100 Å². The topological polar surface area (TPSA) is 58.6 Å². The molecule has 0 saturated heterocycles. The van der Waals surface area contributed by atoms with E-state index in [-0.39, 0.29) is 36.3 Å². The summed E-state index contributed by atoms with van der Waals surface area (Å²) < 4.78 is 6.75. The molecule has 1 N–H and O–H groups in total. The molecule has 0 unspecified atom stereocenters. The molecule has 0 heterocycles. The van der Waals surface area contributed by atoms with Gasteiger partial charge in [0, 0.05) is 29.6 Å². The highest BCUT2D eigenvalue weighted by molar-refractivity contribution is 9.10. The molecule has 0 aliphatic carbocycles. The summed E-state index contributed by atoms with van der Waals surface area (Å²) in [5, 5.41) is 3.93. The Kier molecular flexibility index (Phi) is 11.5. The largest absolute Gasteiger partial charge is 0.483 e. The predicted molar refractivity (Wildman–Crippen MR) is 167 cm³/mol. The highest BCUT2D eigenvalue weighted by Gasteiger charge is 2.31. The monoisotopic (exact) mass is 646 g/mol. The van der Waals surface area contributed by atoms with E-state index < -0.39 is 6.04 Å². The minimum absolute atomic E-state index is 0.0282. The average molecular weight is 648 g/mol. The lowest BCUT2D eigenvalue weighted by Crippen LogP contribution is -2.52. The number of nitrogens with zero attached hydrogens (tertiary/aromatic N) is 1. The number of amides is 2. The fourth-order valence-corrected chi connectivity index (χ4v) is 5.08. The van der Waals surface area contributed by atoms with E-state index in [0.717, 1.165) is 15.6 Å². The molecule has 0 aromatic heterocycles. The quantitative estimate of drug-likeness (QED) is 0.231. The lowest BCUT2D eigenvalue weighted by atomic mass is 9.87. The van der Waals surface area contributed by atoms with Crippen molar-refractivity contribution in [1.29, 1.82) is 0 Å². The highest BCUT2D eigenvalue weighted by Crippen LogP contribution is 2.32. The van der Waals surface area contributed by atoms with Crippen molar-refractivity contribution in [1.82, 2.24) is 10.2 Å². The number of carbonyl (C=O) groups excluding carboxylic acids is 2. The Morgan fingerprint density at radius 1 is 1.00 bits per heavy atom. The maximum Gasteiger partial charge on any atom is 0.261 e. The zero-order chi connectivity index (χ0) is 29.4. The number of hydrogen-bond donors (Lipinski definition) is 1. The molecule has 0 radical (unpaired) electrons. The Labute approximate surface area is 256 Å². The molecule has 214 valence electrons. The predicted octanol–water partition coefficient (Wildman–Crippen LogP) is 7.84. The summed E-state index contributed by atoms with van der Waals surface area (Å²) in [5.41, 5.74) is 2.74. The van der Waals surface area contributed by atoms with Crippen LogP contribution in [0.5, 0.6) is 5.75 Å². The number of halogens is 3. The molecule has 2 amide bonds. The lowest BCUT2D eigenvalue weighted by molar-refractivity contribution is -0.142. The molecule has 8 heteroatoms. The van der Waals surface area contributed by atoms with Gasteiger partial charge < -0.3 is 15.0 Å². The number of carbonyl (C=O) groups is 2. The van der Waals surface area contributed by atoms with E-state index in [9.17, 15) is 9.59 Å². The minimum Gasteiger partial charge on any atom is -0.483 e. The molecule has 0 bridgehead atoms. The van der Waals surface area contributed by atoms with Crippen LogP contribution in [0, 0.1) is 5.92 Å². The molecule has 0 aliphatic heterocycles. The third-order valence-corrected chi connectivity index (χ3v) is 7.67. The molecule has 0 fully saturated rings. The second-order valence-electron chi connectivity index (χ2n) is 11.3. The summed E-state index contributed by atoms with van der Waals surface area (Å²) in [7, 11) is 0. The van der Waals surface area contributed by atoms with Crippen LogP contribution >= 0.6 is 39.1 Å². The molecule has 3 aromatic carbocycles. The number of hydrogen-bond acceptors (Lipinski definition) is 3. The Morgan fingerprint density at radius 2 is 1.70 bits per heavy atom. The first-order valence-corrected chi connectivity index (χ1v) is 14.9. The number of benzene rings is 3. The van der Waals surface area contributed by atoms with Crippen molar-refractivity contribution >= 4 is 50.9 Å². The Bertz CT molecular complexity index is 1310. The van der Waals surface area contributed by atoms with Crippen LogP contribution in [0.1, 0.15) is 51.3 Å². The van der Waals surface area contributed by atoms with Crippen LogP contribution < -0.4 is 10.1 Å². The zero-order valence-corrected chi connectivity index (χ0v) is 26.7. The summed E-state index contributed by atoms with van der Waals surface area (Å²) in [4.78, 5) is 29.0. The molecular formula is C32H37BrCl2N2O3. The van der Waals surface area contributed by atoms with E-state index in [1.807, 2.05) is 62.4 Å². The molecule has 40 heavy (non-hydrogen) atoms. The number of rotatable bonds is 11. The maximum atomic E-state index is 13.8. The molecule has 3 aromatic rings. The maximum absolute atomic E-state index is 13.8. The Hall–Kier alpha value is -2.54. The van der Waals surface area contributed by atoms with Gasteiger partial charge in [-0.05, 0) is 68.2 Å². The number of nitrogens with one attached hydrogen (secondary N) is 1. The summed E-state index contributed by atoms with van der Waals surface area (Å²) in [6.45, 7) is 10.8. The van der Waals surface area contributed by atoms with Gasteiger partial charge in [0.25, 0.3) is 5.91 Å². The third kappa shape index (κ3) is 9.25. The van der Waals surface area contributed by atoms with Crippen LogP contribution in [0.3, 0.4) is 0 Å². The first-order chi connectivity index (χ1) is 18.8. The Morgan fingerprint density at radius 3 is 2.30 bits per heavy atom. The van der Waals surface area contributed by atoms with Crippen molar-refractivity contribution in [3.8, 4) is 5.75 Å². The van der Waals surface area contributed by atoms with Crippen LogP contribution in [0.15, 0.2) is 71.2 Å². The summed E-state index contributed by atoms with van der Waals surface area (Å²) in [5.74, 6) is 0.243. The average Bonchev–Trinajstić information content (AvgIpc) is 2.89. The molecule has 0 aliphatic rings. The first kappa shape index (κ1) is 32.0. The van der Waals surface area contributed by atoms with Gasteiger partial charge in [-0.15, -0.1) is 0 Å². The van der Waals surface area contributed by atoms with Crippen molar-refractivity contribution in [2.24, 2.45) is 5.92 Å². The van der Waals surface area contributed by atoms with E-state index in [0.29, 0.717) is 34.3 Å². The fourth-order valence-electron chi connectivity index (χ4n) is 4.12. The molecular weight excluding hydrogens is 611 g/mol. The minimum atomic E-state index is -0.782. The van der Waals surface area contributed by atoms with Crippen molar-refractivity contribution < 1.29 is 14.3 Å². The molecule has 3 rings (SSSR count). The van der Waals surface area contributed by atoms with E-state index in [1.165, 1.54) is 0 Å².